The molecule has 1 amide bonds. The molecule has 1 N–H and O–H groups in total. The zero-order valence-corrected chi connectivity index (χ0v) is 16.1. The maximum absolute atomic E-state index is 12.6. The highest BCUT2D eigenvalue weighted by Gasteiger charge is 2.29. The number of rotatable bonds is 6. The molecular weight excluding hydrogens is 364 g/mol. The fourth-order valence-corrected chi connectivity index (χ4v) is 4.44. The topological polar surface area (TPSA) is 75.7 Å². The van der Waals surface area contributed by atoms with Gasteiger partial charge in [-0.25, -0.2) is 13.1 Å². The lowest BCUT2D eigenvalue weighted by molar-refractivity contribution is -0.139. The summed E-state index contributed by atoms with van der Waals surface area (Å²) < 4.78 is 33.3. The van der Waals surface area contributed by atoms with Crippen molar-refractivity contribution in [3.05, 3.63) is 60.7 Å². The molecule has 1 aliphatic heterocycles. The minimum atomic E-state index is -3.53. The van der Waals surface area contributed by atoms with Crippen LogP contribution >= 0.6 is 0 Å². The Morgan fingerprint density at radius 1 is 1.04 bits per heavy atom. The second-order valence-electron chi connectivity index (χ2n) is 6.61. The number of hydrogen-bond acceptors (Lipinski definition) is 4. The summed E-state index contributed by atoms with van der Waals surface area (Å²) in [6.45, 7) is 2.74. The van der Waals surface area contributed by atoms with Crippen molar-refractivity contribution in [1.82, 2.24) is 9.62 Å². The molecule has 0 saturated carbocycles. The SMILES string of the molecule is CC(Oc1ccccc1)C(=O)N1CCC(NS(=O)(=O)c2ccccc2)CC1. The van der Waals surface area contributed by atoms with Crippen LogP contribution in [0.5, 0.6) is 5.75 Å². The van der Waals surface area contributed by atoms with Crippen LogP contribution in [0.2, 0.25) is 0 Å². The molecule has 0 aliphatic carbocycles. The van der Waals surface area contributed by atoms with E-state index < -0.39 is 16.1 Å². The number of sulfonamides is 1. The standard InChI is InChI=1S/C20H24N2O4S/c1-16(26-18-8-4-2-5-9-18)20(23)22-14-12-17(13-15-22)21-27(24,25)19-10-6-3-7-11-19/h2-11,16-17,21H,12-15H2,1H3. The molecule has 0 bridgehead atoms. The van der Waals surface area contributed by atoms with Crippen LogP contribution < -0.4 is 9.46 Å². The third kappa shape index (κ3) is 5.08. The normalized spacial score (nSPS) is 16.7. The van der Waals surface area contributed by atoms with Crippen LogP contribution in [0.4, 0.5) is 0 Å². The van der Waals surface area contributed by atoms with Crippen molar-refractivity contribution in [2.75, 3.05) is 13.1 Å². The Hall–Kier alpha value is -2.38. The maximum Gasteiger partial charge on any atom is 0.263 e. The van der Waals surface area contributed by atoms with Gasteiger partial charge in [-0.05, 0) is 44.0 Å². The summed E-state index contributed by atoms with van der Waals surface area (Å²) in [7, 11) is -3.53. The van der Waals surface area contributed by atoms with Gasteiger partial charge in [0.15, 0.2) is 6.10 Å². The summed E-state index contributed by atoms with van der Waals surface area (Å²) >= 11 is 0. The lowest BCUT2D eigenvalue weighted by Crippen LogP contribution is -2.49. The van der Waals surface area contributed by atoms with E-state index in [1.54, 1.807) is 42.2 Å². The number of para-hydroxylation sites is 1. The molecule has 27 heavy (non-hydrogen) atoms. The average Bonchev–Trinajstić information content (AvgIpc) is 2.69. The highest BCUT2D eigenvalue weighted by atomic mass is 32.2. The number of amides is 1. The third-order valence-corrected chi connectivity index (χ3v) is 6.12. The van der Waals surface area contributed by atoms with Crippen molar-refractivity contribution in [2.24, 2.45) is 0 Å². The molecule has 1 unspecified atom stereocenters. The number of hydrogen-bond donors (Lipinski definition) is 1. The number of nitrogens with one attached hydrogen (secondary N) is 1. The third-order valence-electron chi connectivity index (χ3n) is 4.59. The summed E-state index contributed by atoms with van der Waals surface area (Å²) in [5, 5.41) is 0. The number of likely N-dealkylation sites (tertiary alicyclic amines) is 1. The molecule has 1 fully saturated rings. The second kappa shape index (κ2) is 8.54. The van der Waals surface area contributed by atoms with E-state index in [1.807, 2.05) is 30.3 Å². The molecule has 1 saturated heterocycles. The second-order valence-corrected chi connectivity index (χ2v) is 8.32. The van der Waals surface area contributed by atoms with Gasteiger partial charge in [-0.2, -0.15) is 0 Å². The van der Waals surface area contributed by atoms with Gasteiger partial charge in [0.05, 0.1) is 4.90 Å². The van der Waals surface area contributed by atoms with E-state index in [0.29, 0.717) is 31.7 Å². The first-order chi connectivity index (χ1) is 13.0. The van der Waals surface area contributed by atoms with Crippen LogP contribution in [0.25, 0.3) is 0 Å². The predicted octanol–water partition coefficient (Wildman–Crippen LogP) is 2.42. The van der Waals surface area contributed by atoms with E-state index in [-0.39, 0.29) is 16.8 Å². The molecule has 0 radical (unpaired) electrons. The van der Waals surface area contributed by atoms with E-state index >= 15 is 0 Å². The summed E-state index contributed by atoms with van der Waals surface area (Å²) in [4.78, 5) is 14.6. The lowest BCUT2D eigenvalue weighted by Gasteiger charge is -2.33. The van der Waals surface area contributed by atoms with Gasteiger partial charge in [0, 0.05) is 19.1 Å². The fraction of sp³-hybridized carbons (Fsp3) is 0.350. The molecule has 1 heterocycles. The van der Waals surface area contributed by atoms with Crippen LogP contribution in [-0.4, -0.2) is 44.5 Å². The molecular formula is C20H24N2O4S. The summed E-state index contributed by atoms with van der Waals surface area (Å²) in [6, 6.07) is 17.4. The van der Waals surface area contributed by atoms with Gasteiger partial charge in [0.25, 0.3) is 5.91 Å². The largest absolute Gasteiger partial charge is 0.481 e. The van der Waals surface area contributed by atoms with Crippen molar-refractivity contribution >= 4 is 15.9 Å². The van der Waals surface area contributed by atoms with E-state index in [4.69, 9.17) is 4.74 Å². The summed E-state index contributed by atoms with van der Waals surface area (Å²) in [5.41, 5.74) is 0. The Balaban J connectivity index is 1.52. The van der Waals surface area contributed by atoms with Gasteiger partial charge in [-0.3, -0.25) is 4.79 Å². The van der Waals surface area contributed by atoms with Gasteiger partial charge in [-0.15, -0.1) is 0 Å². The monoisotopic (exact) mass is 388 g/mol. The molecule has 7 heteroatoms. The molecule has 0 spiro atoms. The first-order valence-corrected chi connectivity index (χ1v) is 10.5. The number of carbonyl (C=O) groups excluding carboxylic acids is 1. The molecule has 2 aromatic rings. The number of nitrogens with zero attached hydrogens (tertiary/aromatic N) is 1. The van der Waals surface area contributed by atoms with Crippen molar-refractivity contribution in [2.45, 2.75) is 36.8 Å². The Morgan fingerprint density at radius 2 is 1.59 bits per heavy atom. The Labute approximate surface area is 160 Å². The molecule has 1 aliphatic rings. The molecule has 0 aromatic heterocycles. The Bertz CT molecular complexity index is 848. The van der Waals surface area contributed by atoms with Crippen LogP contribution in [0.15, 0.2) is 65.6 Å². The molecule has 3 rings (SSSR count). The van der Waals surface area contributed by atoms with Crippen LogP contribution in [0.1, 0.15) is 19.8 Å². The van der Waals surface area contributed by atoms with Gasteiger partial charge < -0.3 is 9.64 Å². The minimum absolute atomic E-state index is 0.0804. The van der Waals surface area contributed by atoms with Gasteiger partial charge >= 0.3 is 0 Å². The van der Waals surface area contributed by atoms with E-state index in [9.17, 15) is 13.2 Å². The lowest BCUT2D eigenvalue weighted by atomic mass is 10.1. The first-order valence-electron chi connectivity index (χ1n) is 9.03. The zero-order chi connectivity index (χ0) is 19.3. The van der Waals surface area contributed by atoms with E-state index in [2.05, 4.69) is 4.72 Å². The van der Waals surface area contributed by atoms with Crippen molar-refractivity contribution in [3.63, 3.8) is 0 Å². The van der Waals surface area contributed by atoms with Crippen molar-refractivity contribution in [3.8, 4) is 5.75 Å². The van der Waals surface area contributed by atoms with Crippen molar-refractivity contribution < 1.29 is 17.9 Å². The molecule has 144 valence electrons. The smallest absolute Gasteiger partial charge is 0.263 e. The van der Waals surface area contributed by atoms with Gasteiger partial charge in [0.1, 0.15) is 5.75 Å². The predicted molar refractivity (Wildman–Crippen MR) is 103 cm³/mol. The number of piperidine rings is 1. The number of benzene rings is 2. The first kappa shape index (κ1) is 19.4. The van der Waals surface area contributed by atoms with Crippen LogP contribution in [0, 0.1) is 0 Å². The van der Waals surface area contributed by atoms with Gasteiger partial charge in [-0.1, -0.05) is 36.4 Å². The fourth-order valence-electron chi connectivity index (χ4n) is 3.12. The quantitative estimate of drug-likeness (QED) is 0.825. The molecule has 6 nitrogen and oxygen atoms in total. The number of ether oxygens (including phenoxy) is 1. The number of carbonyl (C=O) groups is 1. The molecule has 1 atom stereocenters. The highest BCUT2D eigenvalue weighted by Crippen LogP contribution is 2.17. The van der Waals surface area contributed by atoms with Crippen LogP contribution in [-0.2, 0) is 14.8 Å². The van der Waals surface area contributed by atoms with E-state index in [1.165, 1.54) is 0 Å². The maximum atomic E-state index is 12.6. The summed E-state index contributed by atoms with van der Waals surface area (Å²) in [5.74, 6) is 0.576. The molecule has 2 aromatic carbocycles. The average molecular weight is 388 g/mol. The Kier molecular flexibility index (Phi) is 6.13. The van der Waals surface area contributed by atoms with E-state index in [0.717, 1.165) is 0 Å². The van der Waals surface area contributed by atoms with Crippen LogP contribution in [0.3, 0.4) is 0 Å². The Morgan fingerprint density at radius 3 is 2.19 bits per heavy atom. The van der Waals surface area contributed by atoms with Crippen molar-refractivity contribution in [1.29, 1.82) is 0 Å². The highest BCUT2D eigenvalue weighted by molar-refractivity contribution is 7.89. The van der Waals surface area contributed by atoms with Gasteiger partial charge in [0.2, 0.25) is 10.0 Å². The minimum Gasteiger partial charge on any atom is -0.481 e. The summed E-state index contributed by atoms with van der Waals surface area (Å²) in [6.07, 6.45) is 0.580. The zero-order valence-electron chi connectivity index (χ0n) is 15.2.